The zero-order chi connectivity index (χ0) is 10.6. The number of Topliss-reactive ketones (excluding diaryl/α,β-unsaturated/α-hetero) is 1. The molecule has 1 aromatic rings. The molecule has 0 spiro atoms. The molecule has 0 aliphatic carbocycles. The van der Waals surface area contributed by atoms with Crippen molar-refractivity contribution in [1.82, 2.24) is 0 Å². The molecule has 2 nitrogen and oxygen atoms in total. The van der Waals surface area contributed by atoms with E-state index in [0.29, 0.717) is 12.3 Å². The highest BCUT2D eigenvalue weighted by Crippen LogP contribution is 2.18. The summed E-state index contributed by atoms with van der Waals surface area (Å²) in [6.45, 7) is 0. The van der Waals surface area contributed by atoms with Crippen molar-refractivity contribution in [1.29, 1.82) is 0 Å². The normalized spacial score (nSPS) is 10.1. The molecule has 0 atom stereocenters. The van der Waals surface area contributed by atoms with Gasteiger partial charge in [0.15, 0.2) is 5.78 Å². The Balaban J connectivity index is 2.89. The summed E-state index contributed by atoms with van der Waals surface area (Å²) in [6.07, 6.45) is 0.767. The molecule has 2 N–H and O–H groups in total. The second-order valence-corrected chi connectivity index (χ2v) is 3.30. The largest absolute Gasteiger partial charge is 0.398 e. The fraction of sp³-hybridized carbons (Fsp3) is 0.300. The molecule has 0 heterocycles. The van der Waals surface area contributed by atoms with Gasteiger partial charge in [-0.15, -0.1) is 11.6 Å². The zero-order valence-electron chi connectivity index (χ0n) is 7.59. The Hall–Kier alpha value is -1.09. The molecule has 0 aromatic heterocycles. The van der Waals surface area contributed by atoms with E-state index in [2.05, 4.69) is 0 Å². The quantitative estimate of drug-likeness (QED) is 0.477. The molecule has 0 aliphatic rings. The van der Waals surface area contributed by atoms with Crippen molar-refractivity contribution in [2.75, 3.05) is 11.6 Å². The number of alkyl halides is 1. The predicted molar refractivity (Wildman–Crippen MR) is 55.1 cm³/mol. The molecule has 0 saturated carbocycles. The molecule has 4 heteroatoms. The second kappa shape index (κ2) is 4.96. The van der Waals surface area contributed by atoms with E-state index in [9.17, 15) is 9.18 Å². The minimum Gasteiger partial charge on any atom is -0.398 e. The summed E-state index contributed by atoms with van der Waals surface area (Å²) in [5.74, 6) is -0.467. The number of halogens is 2. The third-order valence-corrected chi connectivity index (χ3v) is 2.13. The van der Waals surface area contributed by atoms with Gasteiger partial charge < -0.3 is 5.73 Å². The summed E-state index contributed by atoms with van der Waals surface area (Å²) < 4.78 is 13.2. The van der Waals surface area contributed by atoms with Gasteiger partial charge >= 0.3 is 0 Å². The van der Waals surface area contributed by atoms with Crippen LogP contribution in [0.2, 0.25) is 0 Å². The molecule has 0 amide bonds. The molecule has 1 rings (SSSR count). The lowest BCUT2D eigenvalue weighted by Gasteiger charge is -2.04. The first kappa shape index (κ1) is 11.0. The Bertz CT molecular complexity index is 321. The second-order valence-electron chi connectivity index (χ2n) is 2.92. The van der Waals surface area contributed by atoms with Gasteiger partial charge in [0.05, 0.1) is 5.56 Å². The SMILES string of the molecule is Nc1cccc(F)c1C(=O)CCCCl. The van der Waals surface area contributed by atoms with Gasteiger partial charge in [-0.1, -0.05) is 6.07 Å². The van der Waals surface area contributed by atoms with E-state index in [1.54, 1.807) is 0 Å². The standard InChI is InChI=1S/C10H11ClFNO/c11-6-2-5-9(14)10-7(12)3-1-4-8(10)13/h1,3-4H,2,5-6,13H2. The highest BCUT2D eigenvalue weighted by molar-refractivity contribution is 6.18. The van der Waals surface area contributed by atoms with E-state index in [-0.39, 0.29) is 23.5 Å². The topological polar surface area (TPSA) is 43.1 Å². The number of carbonyl (C=O) groups is 1. The monoisotopic (exact) mass is 215 g/mol. The van der Waals surface area contributed by atoms with E-state index in [1.165, 1.54) is 18.2 Å². The van der Waals surface area contributed by atoms with Gasteiger partial charge in [0.1, 0.15) is 5.82 Å². The van der Waals surface area contributed by atoms with Crippen molar-refractivity contribution in [2.24, 2.45) is 0 Å². The predicted octanol–water partition coefficient (Wildman–Crippen LogP) is 2.61. The van der Waals surface area contributed by atoms with Crippen LogP contribution in [-0.4, -0.2) is 11.7 Å². The smallest absolute Gasteiger partial charge is 0.167 e. The molecule has 0 fully saturated rings. The van der Waals surface area contributed by atoms with E-state index < -0.39 is 5.82 Å². The number of benzene rings is 1. The highest BCUT2D eigenvalue weighted by atomic mass is 35.5. The van der Waals surface area contributed by atoms with Crippen molar-refractivity contribution < 1.29 is 9.18 Å². The van der Waals surface area contributed by atoms with Gasteiger partial charge in [0.2, 0.25) is 0 Å². The Kier molecular flexibility index (Phi) is 3.89. The fourth-order valence-corrected chi connectivity index (χ4v) is 1.32. The van der Waals surface area contributed by atoms with E-state index in [0.717, 1.165) is 0 Å². The van der Waals surface area contributed by atoms with Gasteiger partial charge in [0, 0.05) is 18.0 Å². The van der Waals surface area contributed by atoms with Crippen LogP contribution in [0.1, 0.15) is 23.2 Å². The molecule has 1 aromatic carbocycles. The van der Waals surface area contributed by atoms with E-state index >= 15 is 0 Å². The number of rotatable bonds is 4. The van der Waals surface area contributed by atoms with Crippen molar-refractivity contribution in [3.8, 4) is 0 Å². The summed E-state index contributed by atoms with van der Waals surface area (Å²) in [5.41, 5.74) is 5.67. The summed E-state index contributed by atoms with van der Waals surface area (Å²) >= 11 is 5.44. The number of nitrogens with two attached hydrogens (primary N) is 1. The summed E-state index contributed by atoms with van der Waals surface area (Å²) in [4.78, 5) is 11.5. The Morgan fingerprint density at radius 3 is 2.79 bits per heavy atom. The van der Waals surface area contributed by atoms with Crippen LogP contribution in [0.25, 0.3) is 0 Å². The van der Waals surface area contributed by atoms with Crippen molar-refractivity contribution in [2.45, 2.75) is 12.8 Å². The molecular weight excluding hydrogens is 205 g/mol. The minimum atomic E-state index is -0.565. The van der Waals surface area contributed by atoms with Gasteiger partial charge in [0.25, 0.3) is 0 Å². The summed E-state index contributed by atoms with van der Waals surface area (Å²) in [6, 6.07) is 4.21. The number of carbonyl (C=O) groups excluding carboxylic acids is 1. The van der Waals surface area contributed by atoms with Gasteiger partial charge in [-0.3, -0.25) is 4.79 Å². The maximum atomic E-state index is 13.2. The number of anilines is 1. The molecule has 0 unspecified atom stereocenters. The third-order valence-electron chi connectivity index (χ3n) is 1.86. The lowest BCUT2D eigenvalue weighted by Crippen LogP contribution is -2.06. The number of nitrogen functional groups attached to an aromatic ring is 1. The van der Waals surface area contributed by atoms with Crippen LogP contribution in [0.4, 0.5) is 10.1 Å². The lowest BCUT2D eigenvalue weighted by atomic mass is 10.0. The number of hydrogen-bond acceptors (Lipinski definition) is 2. The number of hydrogen-bond donors (Lipinski definition) is 1. The molecule has 76 valence electrons. The van der Waals surface area contributed by atoms with Gasteiger partial charge in [-0.2, -0.15) is 0 Å². The summed E-state index contributed by atoms with van der Waals surface area (Å²) in [5, 5.41) is 0. The average Bonchev–Trinajstić information content (AvgIpc) is 2.14. The number of ketones is 1. The van der Waals surface area contributed by atoms with Crippen molar-refractivity contribution in [3.63, 3.8) is 0 Å². The molecule has 0 saturated heterocycles. The Morgan fingerprint density at radius 2 is 2.21 bits per heavy atom. The molecule has 0 bridgehead atoms. The van der Waals surface area contributed by atoms with Crippen LogP contribution in [0.5, 0.6) is 0 Å². The van der Waals surface area contributed by atoms with Crippen LogP contribution in [-0.2, 0) is 0 Å². The van der Waals surface area contributed by atoms with Crippen LogP contribution >= 0.6 is 11.6 Å². The first-order chi connectivity index (χ1) is 6.66. The van der Waals surface area contributed by atoms with Crippen molar-refractivity contribution >= 4 is 23.1 Å². The first-order valence-corrected chi connectivity index (χ1v) is 4.83. The molecule has 0 aliphatic heterocycles. The van der Waals surface area contributed by atoms with E-state index in [4.69, 9.17) is 17.3 Å². The zero-order valence-corrected chi connectivity index (χ0v) is 8.35. The van der Waals surface area contributed by atoms with Gasteiger partial charge in [-0.25, -0.2) is 4.39 Å². The molecule has 14 heavy (non-hydrogen) atoms. The maximum absolute atomic E-state index is 13.2. The third kappa shape index (κ3) is 2.45. The Labute approximate surface area is 86.9 Å². The maximum Gasteiger partial charge on any atom is 0.167 e. The fourth-order valence-electron chi connectivity index (χ4n) is 1.19. The lowest BCUT2D eigenvalue weighted by molar-refractivity contribution is 0.0979. The van der Waals surface area contributed by atoms with Crippen LogP contribution < -0.4 is 5.73 Å². The minimum absolute atomic E-state index is 0.0161. The van der Waals surface area contributed by atoms with Gasteiger partial charge in [-0.05, 0) is 18.6 Å². The van der Waals surface area contributed by atoms with Crippen LogP contribution in [0.15, 0.2) is 18.2 Å². The average molecular weight is 216 g/mol. The molecular formula is C10H11ClFNO. The first-order valence-electron chi connectivity index (χ1n) is 4.30. The summed E-state index contributed by atoms with van der Waals surface area (Å²) in [7, 11) is 0. The highest BCUT2D eigenvalue weighted by Gasteiger charge is 2.13. The van der Waals surface area contributed by atoms with Crippen molar-refractivity contribution in [3.05, 3.63) is 29.6 Å². The van der Waals surface area contributed by atoms with E-state index in [1.807, 2.05) is 0 Å². The van der Waals surface area contributed by atoms with Crippen LogP contribution in [0, 0.1) is 5.82 Å². The molecule has 0 radical (unpaired) electrons. The Morgan fingerprint density at radius 1 is 1.50 bits per heavy atom. The van der Waals surface area contributed by atoms with Crippen LogP contribution in [0.3, 0.4) is 0 Å².